The number of fused-ring (bicyclic) bond motifs is 5. The van der Waals surface area contributed by atoms with Gasteiger partial charge in [0, 0.05) is 39.5 Å². The Morgan fingerprint density at radius 1 is 0.276 bits per heavy atom. The molecule has 0 saturated carbocycles. The molecule has 2 heteroatoms. The summed E-state index contributed by atoms with van der Waals surface area (Å²) in [5.41, 5.74) is 14.4. The quantitative estimate of drug-likeness (QED) is 0.162. The van der Waals surface area contributed by atoms with Crippen molar-refractivity contribution < 1.29 is 4.42 Å². The molecule has 0 radical (unpaired) electrons. The molecular formula is C56H37NO. The van der Waals surface area contributed by atoms with Gasteiger partial charge in [0.2, 0.25) is 0 Å². The van der Waals surface area contributed by atoms with E-state index in [1.165, 1.54) is 54.9 Å². The first-order chi connectivity index (χ1) is 28.7. The highest BCUT2D eigenvalue weighted by Gasteiger charge is 2.18. The van der Waals surface area contributed by atoms with Crippen LogP contribution in [0.25, 0.3) is 88.0 Å². The molecule has 0 amide bonds. The van der Waals surface area contributed by atoms with Crippen molar-refractivity contribution >= 4 is 60.5 Å². The molecule has 10 aromatic carbocycles. The summed E-state index contributed by atoms with van der Waals surface area (Å²) in [7, 11) is 0. The number of rotatable bonds is 7. The summed E-state index contributed by atoms with van der Waals surface area (Å²) in [6.45, 7) is 0. The lowest BCUT2D eigenvalue weighted by Gasteiger charge is -2.26. The number of nitrogens with zero attached hydrogens (tertiary/aromatic N) is 1. The van der Waals surface area contributed by atoms with Gasteiger partial charge in [-0.15, -0.1) is 0 Å². The Hall–Kier alpha value is -7.68. The summed E-state index contributed by atoms with van der Waals surface area (Å²) in [5, 5.41) is 7.19. The molecule has 0 aliphatic heterocycles. The highest BCUT2D eigenvalue weighted by atomic mass is 16.3. The number of benzene rings is 10. The van der Waals surface area contributed by atoms with Crippen LogP contribution in [0.2, 0.25) is 0 Å². The van der Waals surface area contributed by atoms with Crippen molar-refractivity contribution in [2.24, 2.45) is 0 Å². The van der Waals surface area contributed by atoms with Gasteiger partial charge in [0.1, 0.15) is 11.2 Å². The molecule has 2 nitrogen and oxygen atoms in total. The molecule has 0 aliphatic carbocycles. The summed E-state index contributed by atoms with van der Waals surface area (Å²) in [5.74, 6) is 0. The van der Waals surface area contributed by atoms with E-state index in [2.05, 4.69) is 223 Å². The fourth-order valence-electron chi connectivity index (χ4n) is 8.62. The SMILES string of the molecule is c1ccc(-c2cccc3cc(-c4ccc(N(c5ccc(-c6cccc7ccccc67)cc5)c5ccc6c(c5)oc5c(-c7ccccc7)cccc56)cc4)ccc23)cc1. The summed E-state index contributed by atoms with van der Waals surface area (Å²) in [4.78, 5) is 2.33. The Kier molecular flexibility index (Phi) is 8.19. The maximum Gasteiger partial charge on any atom is 0.143 e. The Morgan fingerprint density at radius 2 is 0.759 bits per heavy atom. The van der Waals surface area contributed by atoms with E-state index in [1.807, 2.05) is 6.07 Å². The molecule has 0 bridgehead atoms. The van der Waals surface area contributed by atoms with Crippen molar-refractivity contribution in [1.29, 1.82) is 0 Å². The Balaban J connectivity index is 1.01. The van der Waals surface area contributed by atoms with Gasteiger partial charge in [-0.2, -0.15) is 0 Å². The van der Waals surface area contributed by atoms with Gasteiger partial charge >= 0.3 is 0 Å². The van der Waals surface area contributed by atoms with Crippen LogP contribution in [0.5, 0.6) is 0 Å². The van der Waals surface area contributed by atoms with E-state index in [-0.39, 0.29) is 0 Å². The van der Waals surface area contributed by atoms with Crippen LogP contribution in [0.3, 0.4) is 0 Å². The van der Waals surface area contributed by atoms with Crippen LogP contribution in [0.15, 0.2) is 229 Å². The standard InChI is InChI=1S/C56H37NO/c1-3-12-39(13-4-1)49-21-10-18-44-36-43(28-34-51(44)49)38-24-29-45(30-25-38)57(46-31-26-42(27-32-46)50-20-9-17-40-16-7-8-19-48(40)50)47-33-35-53-54-23-11-22-52(41-14-5-2-6-15-41)56(54)58-55(53)37-47/h1-37H. The number of para-hydroxylation sites is 1. The molecule has 0 aliphatic rings. The summed E-state index contributed by atoms with van der Waals surface area (Å²) >= 11 is 0. The van der Waals surface area contributed by atoms with E-state index in [9.17, 15) is 0 Å². The highest BCUT2D eigenvalue weighted by Crippen LogP contribution is 2.42. The molecule has 0 fully saturated rings. The smallest absolute Gasteiger partial charge is 0.143 e. The van der Waals surface area contributed by atoms with Crippen molar-refractivity contribution in [3.63, 3.8) is 0 Å². The van der Waals surface area contributed by atoms with Gasteiger partial charge < -0.3 is 9.32 Å². The monoisotopic (exact) mass is 739 g/mol. The molecular weight excluding hydrogens is 703 g/mol. The Bertz CT molecular complexity index is 3250. The van der Waals surface area contributed by atoms with Gasteiger partial charge in [0.15, 0.2) is 0 Å². The third-order valence-electron chi connectivity index (χ3n) is 11.5. The van der Waals surface area contributed by atoms with Gasteiger partial charge in [-0.1, -0.05) is 176 Å². The molecule has 0 unspecified atom stereocenters. The van der Waals surface area contributed by atoms with Crippen molar-refractivity contribution in [3.05, 3.63) is 224 Å². The Morgan fingerprint density at radius 3 is 1.48 bits per heavy atom. The van der Waals surface area contributed by atoms with Gasteiger partial charge in [-0.3, -0.25) is 0 Å². The molecule has 1 aromatic heterocycles. The second kappa shape index (κ2) is 14.1. The summed E-state index contributed by atoms with van der Waals surface area (Å²) < 4.78 is 6.74. The number of anilines is 3. The second-order valence-electron chi connectivity index (χ2n) is 14.9. The van der Waals surface area contributed by atoms with Gasteiger partial charge in [-0.05, 0) is 103 Å². The third-order valence-corrected chi connectivity index (χ3v) is 11.5. The summed E-state index contributed by atoms with van der Waals surface area (Å²) in [6.07, 6.45) is 0. The van der Waals surface area contributed by atoms with E-state index in [1.54, 1.807) is 0 Å². The lowest BCUT2D eigenvalue weighted by atomic mass is 9.95. The molecule has 11 rings (SSSR count). The molecule has 0 spiro atoms. The van der Waals surface area contributed by atoms with Crippen molar-refractivity contribution in [1.82, 2.24) is 0 Å². The number of hydrogen-bond acceptors (Lipinski definition) is 2. The molecule has 0 saturated heterocycles. The predicted octanol–water partition coefficient (Wildman–Crippen LogP) is 16.0. The minimum absolute atomic E-state index is 0.857. The zero-order valence-electron chi connectivity index (χ0n) is 31.7. The lowest BCUT2D eigenvalue weighted by Crippen LogP contribution is -2.09. The molecule has 272 valence electrons. The van der Waals surface area contributed by atoms with Crippen LogP contribution < -0.4 is 4.90 Å². The van der Waals surface area contributed by atoms with Crippen LogP contribution in [0.4, 0.5) is 17.1 Å². The van der Waals surface area contributed by atoms with E-state index in [0.29, 0.717) is 0 Å². The highest BCUT2D eigenvalue weighted by molar-refractivity contribution is 6.10. The molecule has 58 heavy (non-hydrogen) atoms. The third kappa shape index (κ3) is 5.91. The zero-order chi connectivity index (χ0) is 38.4. The maximum atomic E-state index is 6.74. The van der Waals surface area contributed by atoms with Gasteiger partial charge in [-0.25, -0.2) is 0 Å². The number of furan rings is 1. The van der Waals surface area contributed by atoms with Gasteiger partial charge in [0.05, 0.1) is 0 Å². The fraction of sp³-hybridized carbons (Fsp3) is 0. The first-order valence-electron chi connectivity index (χ1n) is 19.8. The average molecular weight is 740 g/mol. The lowest BCUT2D eigenvalue weighted by molar-refractivity contribution is 0.670. The minimum Gasteiger partial charge on any atom is -0.455 e. The molecule has 1 heterocycles. The molecule has 0 N–H and O–H groups in total. The van der Waals surface area contributed by atoms with Crippen LogP contribution >= 0.6 is 0 Å². The average Bonchev–Trinajstić information content (AvgIpc) is 3.68. The second-order valence-corrected chi connectivity index (χ2v) is 14.9. The van der Waals surface area contributed by atoms with Crippen molar-refractivity contribution in [3.8, 4) is 44.5 Å². The minimum atomic E-state index is 0.857. The van der Waals surface area contributed by atoms with Crippen LogP contribution in [-0.4, -0.2) is 0 Å². The number of hydrogen-bond donors (Lipinski definition) is 0. The first kappa shape index (κ1) is 33.6. The largest absolute Gasteiger partial charge is 0.455 e. The summed E-state index contributed by atoms with van der Waals surface area (Å²) in [6, 6.07) is 80.5. The fourth-order valence-corrected chi connectivity index (χ4v) is 8.62. The van der Waals surface area contributed by atoms with E-state index in [0.717, 1.165) is 50.1 Å². The Labute approximate surface area is 337 Å². The van der Waals surface area contributed by atoms with E-state index >= 15 is 0 Å². The zero-order valence-corrected chi connectivity index (χ0v) is 31.7. The molecule has 0 atom stereocenters. The van der Waals surface area contributed by atoms with Crippen LogP contribution in [0, 0.1) is 0 Å². The van der Waals surface area contributed by atoms with Crippen molar-refractivity contribution in [2.75, 3.05) is 4.90 Å². The van der Waals surface area contributed by atoms with Crippen molar-refractivity contribution in [2.45, 2.75) is 0 Å². The predicted molar refractivity (Wildman–Crippen MR) is 245 cm³/mol. The topological polar surface area (TPSA) is 16.4 Å². The van der Waals surface area contributed by atoms with Crippen LogP contribution in [0.1, 0.15) is 0 Å². The van der Waals surface area contributed by atoms with E-state index in [4.69, 9.17) is 4.42 Å². The normalized spacial score (nSPS) is 11.4. The van der Waals surface area contributed by atoms with Crippen LogP contribution in [-0.2, 0) is 0 Å². The molecule has 11 aromatic rings. The first-order valence-corrected chi connectivity index (χ1v) is 19.8. The van der Waals surface area contributed by atoms with E-state index < -0.39 is 0 Å². The maximum absolute atomic E-state index is 6.74. The van der Waals surface area contributed by atoms with Gasteiger partial charge in [0.25, 0.3) is 0 Å².